The van der Waals surface area contributed by atoms with Crippen LogP contribution in [0.25, 0.3) is 5.69 Å². The van der Waals surface area contributed by atoms with Crippen molar-refractivity contribution in [3.05, 3.63) is 83.4 Å². The summed E-state index contributed by atoms with van der Waals surface area (Å²) in [7, 11) is 0. The van der Waals surface area contributed by atoms with Crippen LogP contribution in [0.15, 0.2) is 55.0 Å². The fourth-order valence-electron chi connectivity index (χ4n) is 2.50. The Bertz CT molecular complexity index is 964. The third-order valence-electron chi connectivity index (χ3n) is 3.79. The second-order valence-electron chi connectivity index (χ2n) is 5.61. The Hall–Kier alpha value is -3.23. The van der Waals surface area contributed by atoms with Crippen LogP contribution in [0, 0.1) is 11.6 Å². The molecule has 9 heteroatoms. The lowest BCUT2D eigenvalue weighted by atomic mass is 10.1. The fraction of sp³-hybridized carbons (Fsp3) is 0.111. The van der Waals surface area contributed by atoms with Gasteiger partial charge in [-0.25, -0.2) is 13.8 Å². The maximum absolute atomic E-state index is 13.1. The Balaban J connectivity index is 1.81. The number of nitrogens with zero attached hydrogens (tertiary/aromatic N) is 2. The standard InChI is InChI=1S/C18H12F5N3O/c19-12-3-5-14(6-4-12)26-10-24-9-16(26)17(27)25-8-11-1-2-13(20)7-15(11)18(21,22)23/h1-7,9-10H,8H2,(H,25,27). The Morgan fingerprint density at radius 2 is 1.70 bits per heavy atom. The molecule has 0 atom stereocenters. The van der Waals surface area contributed by atoms with Gasteiger partial charge in [-0.15, -0.1) is 0 Å². The summed E-state index contributed by atoms with van der Waals surface area (Å²) in [6.07, 6.45) is -2.20. The third-order valence-corrected chi connectivity index (χ3v) is 3.79. The zero-order chi connectivity index (χ0) is 19.6. The molecule has 27 heavy (non-hydrogen) atoms. The average Bonchev–Trinajstić information content (AvgIpc) is 3.10. The van der Waals surface area contributed by atoms with Gasteiger partial charge in [-0.1, -0.05) is 6.07 Å². The number of halogens is 5. The minimum Gasteiger partial charge on any atom is -0.347 e. The van der Waals surface area contributed by atoms with E-state index in [-0.39, 0.29) is 11.3 Å². The quantitative estimate of drug-likeness (QED) is 0.692. The van der Waals surface area contributed by atoms with Gasteiger partial charge in [0.25, 0.3) is 5.91 Å². The van der Waals surface area contributed by atoms with E-state index in [1.807, 2.05) is 0 Å². The predicted octanol–water partition coefficient (Wildman–Crippen LogP) is 4.10. The van der Waals surface area contributed by atoms with E-state index in [2.05, 4.69) is 10.3 Å². The number of aromatic nitrogens is 2. The Labute approximate surface area is 150 Å². The molecule has 2 aromatic carbocycles. The summed E-state index contributed by atoms with van der Waals surface area (Å²) in [6.45, 7) is -0.456. The first-order chi connectivity index (χ1) is 12.8. The lowest BCUT2D eigenvalue weighted by Crippen LogP contribution is -2.26. The van der Waals surface area contributed by atoms with E-state index in [1.54, 1.807) is 0 Å². The smallest absolute Gasteiger partial charge is 0.347 e. The molecule has 0 spiro atoms. The molecule has 0 aliphatic carbocycles. The van der Waals surface area contributed by atoms with Gasteiger partial charge in [-0.05, 0) is 42.0 Å². The van der Waals surface area contributed by atoms with Gasteiger partial charge < -0.3 is 5.32 Å². The number of benzene rings is 2. The zero-order valence-corrected chi connectivity index (χ0v) is 13.6. The maximum atomic E-state index is 13.1. The maximum Gasteiger partial charge on any atom is 0.416 e. The number of alkyl halides is 3. The highest BCUT2D eigenvalue weighted by Gasteiger charge is 2.33. The van der Waals surface area contributed by atoms with Crippen molar-refractivity contribution < 1.29 is 26.7 Å². The van der Waals surface area contributed by atoms with E-state index in [9.17, 15) is 26.7 Å². The molecule has 1 N–H and O–H groups in total. The van der Waals surface area contributed by atoms with Gasteiger partial charge in [0.1, 0.15) is 17.3 Å². The minimum absolute atomic E-state index is 0.0530. The van der Waals surface area contributed by atoms with Crippen molar-refractivity contribution in [2.24, 2.45) is 0 Å². The molecule has 4 nitrogen and oxygen atoms in total. The van der Waals surface area contributed by atoms with Crippen molar-refractivity contribution in [3.8, 4) is 5.69 Å². The highest BCUT2D eigenvalue weighted by molar-refractivity contribution is 5.93. The van der Waals surface area contributed by atoms with Gasteiger partial charge in [-0.2, -0.15) is 13.2 Å². The molecule has 1 aromatic heterocycles. The SMILES string of the molecule is O=C(NCc1ccc(F)cc1C(F)(F)F)c1cncn1-c1ccc(F)cc1. The molecule has 1 heterocycles. The van der Waals surface area contributed by atoms with E-state index in [1.165, 1.54) is 41.4 Å². The van der Waals surface area contributed by atoms with E-state index in [0.717, 1.165) is 12.1 Å². The van der Waals surface area contributed by atoms with Gasteiger partial charge in [0.05, 0.1) is 18.1 Å². The van der Waals surface area contributed by atoms with Gasteiger partial charge in [0.15, 0.2) is 0 Å². The van der Waals surface area contributed by atoms with Crippen LogP contribution >= 0.6 is 0 Å². The van der Waals surface area contributed by atoms with Crippen molar-refractivity contribution in [2.75, 3.05) is 0 Å². The molecular weight excluding hydrogens is 369 g/mol. The summed E-state index contributed by atoms with van der Waals surface area (Å²) in [5, 5.41) is 2.36. The molecular formula is C18H12F5N3O. The molecule has 0 fully saturated rings. The number of hydrogen-bond acceptors (Lipinski definition) is 2. The molecule has 0 aliphatic heterocycles. The van der Waals surface area contributed by atoms with Crippen LogP contribution in [0.5, 0.6) is 0 Å². The minimum atomic E-state index is -4.75. The molecule has 0 radical (unpaired) electrons. The number of carbonyl (C=O) groups is 1. The summed E-state index contributed by atoms with van der Waals surface area (Å²) in [6, 6.07) is 7.49. The molecule has 1 amide bonds. The molecule has 0 aliphatic rings. The highest BCUT2D eigenvalue weighted by Crippen LogP contribution is 2.32. The number of imidazole rings is 1. The van der Waals surface area contributed by atoms with Crippen LogP contribution < -0.4 is 5.32 Å². The van der Waals surface area contributed by atoms with E-state index < -0.39 is 35.8 Å². The number of rotatable bonds is 4. The van der Waals surface area contributed by atoms with Crippen LogP contribution in [0.4, 0.5) is 22.0 Å². The summed E-state index contributed by atoms with van der Waals surface area (Å²) < 4.78 is 66.6. The first kappa shape index (κ1) is 18.6. The summed E-state index contributed by atoms with van der Waals surface area (Å²) >= 11 is 0. The van der Waals surface area contributed by atoms with Crippen molar-refractivity contribution in [1.82, 2.24) is 14.9 Å². The molecule has 3 rings (SSSR count). The van der Waals surface area contributed by atoms with Crippen molar-refractivity contribution in [2.45, 2.75) is 12.7 Å². The summed E-state index contributed by atoms with van der Waals surface area (Å²) in [4.78, 5) is 16.2. The lowest BCUT2D eigenvalue weighted by molar-refractivity contribution is -0.138. The molecule has 0 saturated carbocycles. The van der Waals surface area contributed by atoms with Crippen LogP contribution in [0.3, 0.4) is 0 Å². The predicted molar refractivity (Wildman–Crippen MR) is 86.1 cm³/mol. The molecule has 0 unspecified atom stereocenters. The highest BCUT2D eigenvalue weighted by atomic mass is 19.4. The fourth-order valence-corrected chi connectivity index (χ4v) is 2.50. The summed E-state index contributed by atoms with van der Waals surface area (Å²) in [5.41, 5.74) is -0.922. The van der Waals surface area contributed by atoms with E-state index >= 15 is 0 Å². The monoisotopic (exact) mass is 381 g/mol. The lowest BCUT2D eigenvalue weighted by Gasteiger charge is -2.14. The van der Waals surface area contributed by atoms with E-state index in [0.29, 0.717) is 11.8 Å². The second-order valence-corrected chi connectivity index (χ2v) is 5.61. The number of amides is 1. The molecule has 0 saturated heterocycles. The third kappa shape index (κ3) is 4.13. The first-order valence-electron chi connectivity index (χ1n) is 7.68. The average molecular weight is 381 g/mol. The Morgan fingerprint density at radius 1 is 1.04 bits per heavy atom. The normalized spacial score (nSPS) is 11.4. The second kappa shape index (κ2) is 7.18. The van der Waals surface area contributed by atoms with Crippen LogP contribution in [0.2, 0.25) is 0 Å². The van der Waals surface area contributed by atoms with Gasteiger partial charge in [-0.3, -0.25) is 9.36 Å². The zero-order valence-electron chi connectivity index (χ0n) is 13.6. The van der Waals surface area contributed by atoms with Crippen molar-refractivity contribution >= 4 is 5.91 Å². The topological polar surface area (TPSA) is 46.9 Å². The van der Waals surface area contributed by atoms with Crippen LogP contribution in [-0.4, -0.2) is 15.5 Å². The summed E-state index contributed by atoms with van der Waals surface area (Å²) in [5.74, 6) is -2.16. The molecule has 3 aromatic rings. The van der Waals surface area contributed by atoms with Gasteiger partial charge in [0, 0.05) is 12.2 Å². The number of carbonyl (C=O) groups excluding carboxylic acids is 1. The van der Waals surface area contributed by atoms with Gasteiger partial charge in [0.2, 0.25) is 0 Å². The van der Waals surface area contributed by atoms with Gasteiger partial charge >= 0.3 is 6.18 Å². The first-order valence-corrected chi connectivity index (χ1v) is 7.68. The van der Waals surface area contributed by atoms with E-state index in [4.69, 9.17) is 0 Å². The van der Waals surface area contributed by atoms with Crippen molar-refractivity contribution in [1.29, 1.82) is 0 Å². The Morgan fingerprint density at radius 3 is 2.37 bits per heavy atom. The molecule has 140 valence electrons. The van der Waals surface area contributed by atoms with Crippen LogP contribution in [-0.2, 0) is 12.7 Å². The Kier molecular flexibility index (Phi) is 4.93. The largest absolute Gasteiger partial charge is 0.416 e. The number of nitrogens with one attached hydrogen (secondary N) is 1. The van der Waals surface area contributed by atoms with Crippen molar-refractivity contribution in [3.63, 3.8) is 0 Å². The number of hydrogen-bond donors (Lipinski definition) is 1. The van der Waals surface area contributed by atoms with Crippen LogP contribution in [0.1, 0.15) is 21.6 Å². The molecule has 0 bridgehead atoms.